The van der Waals surface area contributed by atoms with Crippen LogP contribution in [-0.2, 0) is 4.74 Å². The van der Waals surface area contributed by atoms with Gasteiger partial charge in [-0.2, -0.15) is 0 Å². The van der Waals surface area contributed by atoms with Crippen LogP contribution in [0.15, 0.2) is 23.2 Å². The molecule has 0 heterocycles. The van der Waals surface area contributed by atoms with Crippen molar-refractivity contribution in [2.24, 2.45) is 10.7 Å². The normalized spacial score (nSPS) is 12.0. The Balaban J connectivity index is 2.47. The lowest BCUT2D eigenvalue weighted by Gasteiger charge is -2.24. The largest absolute Gasteiger partial charge is 0.444 e. The van der Waals surface area contributed by atoms with Gasteiger partial charge in [-0.05, 0) is 57.9 Å². The second-order valence-electron chi connectivity index (χ2n) is 6.59. The lowest BCUT2D eigenvalue weighted by atomic mass is 10.1. The topological polar surface area (TPSA) is 80.0 Å². The molecule has 0 radical (unpaired) electrons. The quantitative estimate of drug-likeness (QED) is 0.660. The first kappa shape index (κ1) is 18.8. The third-order valence-electron chi connectivity index (χ3n) is 3.20. The van der Waals surface area contributed by atoms with Gasteiger partial charge in [-0.1, -0.05) is 6.07 Å². The first-order valence-electron chi connectivity index (χ1n) is 7.67. The van der Waals surface area contributed by atoms with E-state index in [0.29, 0.717) is 19.0 Å². The monoisotopic (exact) mass is 320 g/mol. The number of guanidine groups is 1. The second kappa shape index (κ2) is 7.85. The van der Waals surface area contributed by atoms with Crippen LogP contribution in [0.25, 0.3) is 0 Å². The first-order valence-corrected chi connectivity index (χ1v) is 7.67. The van der Waals surface area contributed by atoms with Gasteiger partial charge in [-0.3, -0.25) is 4.99 Å². The molecule has 128 valence electrons. The van der Waals surface area contributed by atoms with Gasteiger partial charge in [0, 0.05) is 19.3 Å². The molecule has 0 spiro atoms. The van der Waals surface area contributed by atoms with Gasteiger partial charge in [0.25, 0.3) is 0 Å². The summed E-state index contributed by atoms with van der Waals surface area (Å²) in [5.74, 6) is 0.325. The summed E-state index contributed by atoms with van der Waals surface area (Å²) >= 11 is 0. The number of carbonyl (C=O) groups excluding carboxylic acids is 1. The lowest BCUT2D eigenvalue weighted by Crippen LogP contribution is -2.36. The van der Waals surface area contributed by atoms with Crippen LogP contribution in [0.1, 0.15) is 31.9 Å². The van der Waals surface area contributed by atoms with Crippen LogP contribution in [0.4, 0.5) is 10.5 Å². The predicted octanol–water partition coefficient (Wildman–Crippen LogP) is 2.90. The molecule has 0 saturated heterocycles. The van der Waals surface area contributed by atoms with Crippen LogP contribution in [0.2, 0.25) is 0 Å². The number of hydrogen-bond donors (Lipinski definition) is 2. The van der Waals surface area contributed by atoms with E-state index >= 15 is 0 Å². The SMILES string of the molecule is Cc1ccc(NC(N)=NCCN(C)C(=O)OC(C)(C)C)cc1C. The van der Waals surface area contributed by atoms with E-state index in [-0.39, 0.29) is 6.09 Å². The van der Waals surface area contributed by atoms with Gasteiger partial charge in [0.05, 0.1) is 6.54 Å². The van der Waals surface area contributed by atoms with Crippen LogP contribution >= 0.6 is 0 Å². The number of nitrogens with one attached hydrogen (secondary N) is 1. The molecule has 6 heteroatoms. The molecular formula is C17H28N4O2. The van der Waals surface area contributed by atoms with E-state index in [0.717, 1.165) is 5.69 Å². The van der Waals surface area contributed by atoms with E-state index in [1.165, 1.54) is 16.0 Å². The van der Waals surface area contributed by atoms with E-state index < -0.39 is 5.60 Å². The maximum absolute atomic E-state index is 11.8. The Morgan fingerprint density at radius 3 is 2.52 bits per heavy atom. The average molecular weight is 320 g/mol. The number of aliphatic imine (C=N–C) groups is 1. The summed E-state index contributed by atoms with van der Waals surface area (Å²) in [7, 11) is 1.68. The third-order valence-corrected chi connectivity index (χ3v) is 3.20. The molecule has 0 unspecified atom stereocenters. The van der Waals surface area contributed by atoms with Crippen molar-refractivity contribution in [1.29, 1.82) is 0 Å². The minimum Gasteiger partial charge on any atom is -0.444 e. The zero-order valence-electron chi connectivity index (χ0n) is 14.9. The van der Waals surface area contributed by atoms with E-state index in [2.05, 4.69) is 17.2 Å². The summed E-state index contributed by atoms with van der Waals surface area (Å²) in [5.41, 5.74) is 8.67. The number of ether oxygens (including phenoxy) is 1. The molecule has 6 nitrogen and oxygen atoms in total. The summed E-state index contributed by atoms with van der Waals surface area (Å²) in [4.78, 5) is 17.5. The number of nitrogens with two attached hydrogens (primary N) is 1. The van der Waals surface area contributed by atoms with Crippen LogP contribution in [-0.4, -0.2) is 42.7 Å². The highest BCUT2D eigenvalue weighted by Crippen LogP contribution is 2.13. The third kappa shape index (κ3) is 7.04. The number of likely N-dealkylation sites (N-methyl/N-ethyl adjacent to an activating group) is 1. The number of rotatable bonds is 4. The average Bonchev–Trinajstić information content (AvgIpc) is 2.41. The number of aryl methyl sites for hydroxylation is 2. The molecule has 1 aromatic rings. The molecule has 0 saturated carbocycles. The lowest BCUT2D eigenvalue weighted by molar-refractivity contribution is 0.0304. The molecule has 0 bridgehead atoms. The molecule has 1 amide bonds. The highest BCUT2D eigenvalue weighted by atomic mass is 16.6. The Morgan fingerprint density at radius 1 is 1.30 bits per heavy atom. The standard InChI is InChI=1S/C17H28N4O2/c1-12-7-8-14(11-13(12)2)20-15(18)19-9-10-21(6)16(22)23-17(3,4)5/h7-8,11H,9-10H2,1-6H3,(H3,18,19,20). The molecule has 0 aliphatic rings. The maximum atomic E-state index is 11.8. The zero-order chi connectivity index (χ0) is 17.6. The van der Waals surface area contributed by atoms with Crippen molar-refractivity contribution in [2.75, 3.05) is 25.5 Å². The molecule has 0 atom stereocenters. The molecule has 23 heavy (non-hydrogen) atoms. The fourth-order valence-electron chi connectivity index (χ4n) is 1.76. The summed E-state index contributed by atoms with van der Waals surface area (Å²) in [6.07, 6.45) is -0.367. The number of hydrogen-bond acceptors (Lipinski definition) is 3. The summed E-state index contributed by atoms with van der Waals surface area (Å²) in [6, 6.07) is 6.00. The van der Waals surface area contributed by atoms with E-state index in [1.54, 1.807) is 7.05 Å². The number of benzene rings is 1. The van der Waals surface area contributed by atoms with Crippen molar-refractivity contribution in [3.63, 3.8) is 0 Å². The maximum Gasteiger partial charge on any atom is 0.410 e. The van der Waals surface area contributed by atoms with Crippen molar-refractivity contribution in [3.05, 3.63) is 29.3 Å². The molecule has 0 fully saturated rings. The highest BCUT2D eigenvalue weighted by molar-refractivity contribution is 5.92. The number of nitrogens with zero attached hydrogens (tertiary/aromatic N) is 2. The summed E-state index contributed by atoms with van der Waals surface area (Å²) in [5, 5.41) is 3.04. The van der Waals surface area contributed by atoms with Crippen LogP contribution < -0.4 is 11.1 Å². The fraction of sp³-hybridized carbons (Fsp3) is 0.529. The van der Waals surface area contributed by atoms with Crippen molar-refractivity contribution < 1.29 is 9.53 Å². The Labute approximate surface area is 138 Å². The second-order valence-corrected chi connectivity index (χ2v) is 6.59. The Bertz CT molecular complexity index is 576. The van der Waals surface area contributed by atoms with Gasteiger partial charge >= 0.3 is 6.09 Å². The smallest absolute Gasteiger partial charge is 0.410 e. The van der Waals surface area contributed by atoms with E-state index in [1.807, 2.05) is 45.9 Å². The van der Waals surface area contributed by atoms with Crippen LogP contribution in [0.5, 0.6) is 0 Å². The van der Waals surface area contributed by atoms with Crippen molar-refractivity contribution >= 4 is 17.7 Å². The van der Waals surface area contributed by atoms with Crippen LogP contribution in [0, 0.1) is 13.8 Å². The van der Waals surface area contributed by atoms with Gasteiger partial charge in [0.1, 0.15) is 5.60 Å². The summed E-state index contributed by atoms with van der Waals surface area (Å²) in [6.45, 7) is 10.4. The Hall–Kier alpha value is -2.24. The first-order chi connectivity index (χ1) is 10.6. The molecule has 0 aliphatic carbocycles. The molecule has 1 aromatic carbocycles. The number of anilines is 1. The van der Waals surface area contributed by atoms with Gasteiger partial charge in [-0.15, -0.1) is 0 Å². The zero-order valence-corrected chi connectivity index (χ0v) is 14.9. The van der Waals surface area contributed by atoms with E-state index in [9.17, 15) is 4.79 Å². The van der Waals surface area contributed by atoms with Crippen LogP contribution in [0.3, 0.4) is 0 Å². The fourth-order valence-corrected chi connectivity index (χ4v) is 1.76. The van der Waals surface area contributed by atoms with Crippen molar-refractivity contribution in [3.8, 4) is 0 Å². The van der Waals surface area contributed by atoms with Crippen molar-refractivity contribution in [1.82, 2.24) is 4.90 Å². The minimum absolute atomic E-state index is 0.325. The van der Waals surface area contributed by atoms with Gasteiger partial charge in [0.2, 0.25) is 0 Å². The minimum atomic E-state index is -0.501. The van der Waals surface area contributed by atoms with Gasteiger partial charge in [0.15, 0.2) is 5.96 Å². The van der Waals surface area contributed by atoms with Gasteiger partial charge in [-0.25, -0.2) is 4.79 Å². The highest BCUT2D eigenvalue weighted by Gasteiger charge is 2.19. The Morgan fingerprint density at radius 2 is 1.96 bits per heavy atom. The molecule has 1 rings (SSSR count). The number of amides is 1. The predicted molar refractivity (Wildman–Crippen MR) is 94.9 cm³/mol. The Kier molecular flexibility index (Phi) is 6.42. The van der Waals surface area contributed by atoms with Crippen molar-refractivity contribution in [2.45, 2.75) is 40.2 Å². The molecular weight excluding hydrogens is 292 g/mol. The van der Waals surface area contributed by atoms with Gasteiger partial charge < -0.3 is 20.7 Å². The molecule has 3 N–H and O–H groups in total. The molecule has 0 aliphatic heterocycles. The molecule has 0 aromatic heterocycles. The van der Waals surface area contributed by atoms with E-state index in [4.69, 9.17) is 10.5 Å². The summed E-state index contributed by atoms with van der Waals surface area (Å²) < 4.78 is 5.27. The number of carbonyl (C=O) groups is 1.